The number of benzene rings is 7. The molecular formula is C66H70MoN4O. The summed E-state index contributed by atoms with van der Waals surface area (Å²) in [5.74, 6) is 1.24. The Morgan fingerprint density at radius 2 is 0.694 bits per heavy atom. The molecule has 5 nitrogen and oxygen atoms in total. The first kappa shape index (κ1) is 54.0. The van der Waals surface area contributed by atoms with E-state index in [1.54, 1.807) is 0 Å². The number of aromatic amines is 1. The zero-order valence-electron chi connectivity index (χ0n) is 43.3. The summed E-state index contributed by atoms with van der Waals surface area (Å²) in [6.07, 6.45) is 0. The third-order valence-electron chi connectivity index (χ3n) is 12.6. The van der Waals surface area contributed by atoms with Crippen molar-refractivity contribution in [3.8, 4) is 62.2 Å². The van der Waals surface area contributed by atoms with E-state index in [1.165, 1.54) is 28.1 Å². The van der Waals surface area contributed by atoms with Crippen molar-refractivity contribution in [2.24, 2.45) is 0 Å². The van der Waals surface area contributed by atoms with Crippen LogP contribution in [-0.2, 0) is 26.5 Å². The Morgan fingerprint density at radius 1 is 0.403 bits per heavy atom. The van der Waals surface area contributed by atoms with Crippen molar-refractivity contribution in [1.29, 1.82) is 0 Å². The van der Waals surface area contributed by atoms with Crippen LogP contribution in [0.15, 0.2) is 224 Å². The number of nitrogen functional groups attached to an aromatic ring is 1. The van der Waals surface area contributed by atoms with E-state index in [0.29, 0.717) is 17.3 Å². The van der Waals surface area contributed by atoms with Gasteiger partial charge in [0, 0.05) is 38.1 Å². The van der Waals surface area contributed by atoms with Gasteiger partial charge in [-0.2, -0.15) is 0 Å². The number of nitrogens with two attached hydrogens (primary N) is 1. The van der Waals surface area contributed by atoms with Gasteiger partial charge in [0.25, 0.3) is 0 Å². The Balaban J connectivity index is 0.000000221. The molecule has 3 aromatic heterocycles. The van der Waals surface area contributed by atoms with Crippen LogP contribution in [0.3, 0.4) is 0 Å². The van der Waals surface area contributed by atoms with Crippen LogP contribution in [0.4, 0.5) is 5.69 Å². The van der Waals surface area contributed by atoms with Crippen LogP contribution in [0.1, 0.15) is 88.4 Å². The minimum atomic E-state index is 0. The number of aromatic hydroxyl groups is 1. The van der Waals surface area contributed by atoms with Gasteiger partial charge in [-0.15, -0.1) is 0 Å². The van der Waals surface area contributed by atoms with Gasteiger partial charge in [0.15, 0.2) is 5.75 Å². The molecule has 0 unspecified atom stereocenters. The van der Waals surface area contributed by atoms with E-state index in [2.05, 4.69) is 196 Å². The molecule has 6 heteroatoms. The molecule has 10 aromatic rings. The minimum absolute atomic E-state index is 0. The summed E-state index contributed by atoms with van der Waals surface area (Å²) in [5, 5.41) is 12.2. The van der Waals surface area contributed by atoms with Crippen LogP contribution >= 0.6 is 0 Å². The molecule has 0 saturated carbocycles. The summed E-state index contributed by atoms with van der Waals surface area (Å²) in [6.45, 7) is 19.5. The molecular weight excluding hydrogens is 961 g/mol. The van der Waals surface area contributed by atoms with Gasteiger partial charge < -0.3 is 25.0 Å². The van der Waals surface area contributed by atoms with E-state index >= 15 is 0 Å². The van der Waals surface area contributed by atoms with Crippen molar-refractivity contribution in [2.45, 2.75) is 79.6 Å². The number of H-pyrrole nitrogens is 1. The Bertz CT molecular complexity index is 2900. The molecule has 366 valence electrons. The second kappa shape index (κ2) is 25.2. The molecule has 0 saturated heterocycles. The van der Waals surface area contributed by atoms with Crippen LogP contribution in [0, 0.1) is 13.8 Å². The SMILES string of the molecule is CC(C)(C)c1ccccc1.CC(C)c1cccc(C(C)C)c1N.Cc1ccc(C)[nH]1.Oc1c(-n2c(-c3ccccc3)ccc2-c2ccccc2)cccc1-n1c(-c2ccccc2)ccc1-c1ccccc1.[Mo]. The molecule has 4 N–H and O–H groups in total. The fourth-order valence-electron chi connectivity index (χ4n) is 8.80. The topological polar surface area (TPSA) is 71.9 Å². The van der Waals surface area contributed by atoms with Crippen molar-refractivity contribution in [3.63, 3.8) is 0 Å². The number of hydrogen-bond acceptors (Lipinski definition) is 2. The average molecular weight is 1030 g/mol. The average Bonchev–Trinajstić information content (AvgIpc) is 4.14. The zero-order chi connectivity index (χ0) is 50.5. The molecule has 0 radical (unpaired) electrons. The van der Waals surface area contributed by atoms with Gasteiger partial charge in [0.1, 0.15) is 0 Å². The molecule has 0 amide bonds. The van der Waals surface area contributed by atoms with Crippen molar-refractivity contribution in [2.75, 3.05) is 5.73 Å². The molecule has 3 heterocycles. The zero-order valence-corrected chi connectivity index (χ0v) is 45.4. The Hall–Kier alpha value is -7.33. The maximum Gasteiger partial charge on any atom is 0.163 e. The number of aryl methyl sites for hydroxylation is 2. The number of nitrogens with one attached hydrogen (secondary N) is 1. The summed E-state index contributed by atoms with van der Waals surface area (Å²) in [6, 6.07) is 76.8. The first-order chi connectivity index (χ1) is 34.2. The van der Waals surface area contributed by atoms with Crippen LogP contribution in [-0.4, -0.2) is 19.2 Å². The van der Waals surface area contributed by atoms with E-state index < -0.39 is 0 Å². The predicted octanol–water partition coefficient (Wildman–Crippen LogP) is 17.8. The van der Waals surface area contributed by atoms with E-state index in [4.69, 9.17) is 5.73 Å². The molecule has 0 atom stereocenters. The summed E-state index contributed by atoms with van der Waals surface area (Å²) < 4.78 is 4.33. The van der Waals surface area contributed by atoms with E-state index in [0.717, 1.165) is 62.1 Å². The molecule has 0 spiro atoms. The van der Waals surface area contributed by atoms with Crippen LogP contribution in [0.5, 0.6) is 5.75 Å². The Morgan fingerprint density at radius 3 is 0.944 bits per heavy atom. The van der Waals surface area contributed by atoms with Crippen molar-refractivity contribution < 1.29 is 26.2 Å². The fraction of sp³-hybridized carbons (Fsp3) is 0.182. The predicted molar refractivity (Wildman–Crippen MR) is 303 cm³/mol. The quantitative estimate of drug-likeness (QED) is 0.105. The molecule has 0 bridgehead atoms. The number of nitrogens with zero attached hydrogens (tertiary/aromatic N) is 2. The van der Waals surface area contributed by atoms with Gasteiger partial charge in [-0.3, -0.25) is 0 Å². The number of hydrogen-bond donors (Lipinski definition) is 3. The Kier molecular flexibility index (Phi) is 18.9. The van der Waals surface area contributed by atoms with Crippen molar-refractivity contribution in [3.05, 3.63) is 253 Å². The monoisotopic (exact) mass is 1030 g/mol. The van der Waals surface area contributed by atoms with Gasteiger partial charge in [0.2, 0.25) is 0 Å². The largest absolute Gasteiger partial charge is 0.504 e. The number of rotatable bonds is 8. The summed E-state index contributed by atoms with van der Waals surface area (Å²) in [5.41, 5.74) is 23.6. The number of phenolic OH excluding ortho intramolecular Hbond substituents is 1. The maximum atomic E-state index is 12.2. The fourth-order valence-corrected chi connectivity index (χ4v) is 8.80. The second-order valence-electron chi connectivity index (χ2n) is 19.6. The van der Waals surface area contributed by atoms with Gasteiger partial charge >= 0.3 is 0 Å². The first-order valence-electron chi connectivity index (χ1n) is 24.8. The molecule has 7 aromatic carbocycles. The number of aromatic nitrogens is 3. The van der Waals surface area contributed by atoms with Gasteiger partial charge in [-0.05, 0) is 119 Å². The standard InChI is InChI=1S/C38H28N2O.C12H19N.C10H14.C6H9N.Mo/c41-38-36(39-32(28-14-5-1-6-15-28)24-25-33(39)29-16-7-2-8-17-29)22-13-23-37(38)40-34(30-18-9-3-10-19-30)26-27-35(40)31-20-11-4-12-21-31;1-8(2)10-6-5-7-11(9(3)4)12(10)13;1-10(2,3)9-7-5-4-6-8-9;1-5-3-4-6(2)7-5;/h1-27,41H;5-9H,13H2,1-4H3;4-8H,1-3H3;3-4,7H,1-2H3;. The molecule has 0 aliphatic heterocycles. The molecule has 0 aliphatic rings. The van der Waals surface area contributed by atoms with Gasteiger partial charge in [0.05, 0.1) is 34.2 Å². The maximum absolute atomic E-state index is 12.2. The first-order valence-corrected chi connectivity index (χ1v) is 24.8. The molecule has 0 fully saturated rings. The normalized spacial score (nSPS) is 10.8. The van der Waals surface area contributed by atoms with E-state index in [-0.39, 0.29) is 26.8 Å². The molecule has 72 heavy (non-hydrogen) atoms. The minimum Gasteiger partial charge on any atom is -0.504 e. The molecule has 10 rings (SSSR count). The Labute approximate surface area is 443 Å². The van der Waals surface area contributed by atoms with Crippen molar-refractivity contribution >= 4 is 5.69 Å². The second-order valence-corrected chi connectivity index (χ2v) is 19.6. The van der Waals surface area contributed by atoms with Crippen LogP contribution in [0.2, 0.25) is 0 Å². The summed E-state index contributed by atoms with van der Waals surface area (Å²) in [4.78, 5) is 3.14. The summed E-state index contributed by atoms with van der Waals surface area (Å²) >= 11 is 0. The van der Waals surface area contributed by atoms with Gasteiger partial charge in [-0.25, -0.2) is 0 Å². The van der Waals surface area contributed by atoms with Gasteiger partial charge in [-0.1, -0.05) is 224 Å². The van der Waals surface area contributed by atoms with E-state index in [9.17, 15) is 5.11 Å². The third kappa shape index (κ3) is 13.3. The van der Waals surface area contributed by atoms with Crippen molar-refractivity contribution in [1.82, 2.24) is 14.1 Å². The van der Waals surface area contributed by atoms with E-state index in [1.807, 2.05) is 105 Å². The third-order valence-corrected chi connectivity index (χ3v) is 12.6. The molecule has 0 aliphatic carbocycles. The van der Waals surface area contributed by atoms with Crippen LogP contribution < -0.4 is 5.73 Å². The number of para-hydroxylation sites is 2. The van der Waals surface area contributed by atoms with Crippen LogP contribution in [0.25, 0.3) is 56.4 Å². The smallest absolute Gasteiger partial charge is 0.163 e. The number of anilines is 1. The summed E-state index contributed by atoms with van der Waals surface area (Å²) in [7, 11) is 0. The number of phenols is 1.